The zero-order chi connectivity index (χ0) is 16.5. The van der Waals surface area contributed by atoms with Gasteiger partial charge in [-0.1, -0.05) is 23.2 Å². The Morgan fingerprint density at radius 3 is 2.86 bits per heavy atom. The first-order chi connectivity index (χ1) is 10.5. The van der Waals surface area contributed by atoms with Crippen LogP contribution in [0.4, 0.5) is 5.69 Å². The van der Waals surface area contributed by atoms with Crippen molar-refractivity contribution in [2.45, 2.75) is 6.92 Å². The van der Waals surface area contributed by atoms with Gasteiger partial charge < -0.3 is 10.1 Å². The molecular weight excluding hydrogens is 329 g/mol. The van der Waals surface area contributed by atoms with Crippen molar-refractivity contribution in [1.82, 2.24) is 0 Å². The largest absolute Gasteiger partial charge is 0.465 e. The average molecular weight is 342 g/mol. The van der Waals surface area contributed by atoms with Crippen molar-refractivity contribution in [3.05, 3.63) is 28.2 Å². The van der Waals surface area contributed by atoms with E-state index < -0.39 is 17.8 Å². The molecule has 1 aromatic carbocycles. The number of hydrogen-bond donors (Lipinski definition) is 1. The van der Waals surface area contributed by atoms with E-state index in [0.29, 0.717) is 15.7 Å². The lowest BCUT2D eigenvalue weighted by atomic mass is 10.2. The molecule has 0 saturated carbocycles. The lowest BCUT2D eigenvalue weighted by Crippen LogP contribution is -2.19. The fourth-order valence-electron chi connectivity index (χ4n) is 1.40. The lowest BCUT2D eigenvalue weighted by molar-refractivity contribution is -0.143. The van der Waals surface area contributed by atoms with E-state index in [1.54, 1.807) is 25.1 Å². The van der Waals surface area contributed by atoms with Gasteiger partial charge in [0.15, 0.2) is 5.92 Å². The molecule has 0 aliphatic heterocycles. The number of esters is 1. The molecule has 116 valence electrons. The number of hydrogen-bond acceptors (Lipinski definition) is 5. The molecule has 0 spiro atoms. The van der Waals surface area contributed by atoms with E-state index in [9.17, 15) is 9.59 Å². The molecule has 1 atom stereocenters. The number of nitrogens with zero attached hydrogens (tertiary/aromatic N) is 2. The summed E-state index contributed by atoms with van der Waals surface area (Å²) in [5.41, 5.74) is 0.358. The summed E-state index contributed by atoms with van der Waals surface area (Å²) in [4.78, 5) is 26.8. The minimum absolute atomic E-state index is 0.165. The zero-order valence-electron chi connectivity index (χ0n) is 11.7. The minimum atomic E-state index is -1.14. The summed E-state index contributed by atoms with van der Waals surface area (Å²) in [6.45, 7) is 1.53. The molecule has 1 rings (SSSR count). The van der Waals surface area contributed by atoms with Crippen molar-refractivity contribution in [3.63, 3.8) is 0 Å². The number of aliphatic imine (C=N–C) groups is 1. The standard InChI is InChI=1S/C14H13Cl2N3O3/c1-2-22-14(21)9(6-17)7-18-8-13(20)19-12-5-10(15)3-4-11(12)16/h3-5,7,9H,2,8H2,1H3,(H,19,20)/t9-/m1/s1. The van der Waals surface area contributed by atoms with E-state index >= 15 is 0 Å². The van der Waals surface area contributed by atoms with E-state index in [1.807, 2.05) is 0 Å². The van der Waals surface area contributed by atoms with Crippen LogP contribution >= 0.6 is 23.2 Å². The van der Waals surface area contributed by atoms with Crippen LogP contribution in [0.3, 0.4) is 0 Å². The quantitative estimate of drug-likeness (QED) is 0.636. The Morgan fingerprint density at radius 1 is 1.50 bits per heavy atom. The summed E-state index contributed by atoms with van der Waals surface area (Å²) in [6, 6.07) is 6.38. The van der Waals surface area contributed by atoms with Crippen LogP contribution in [0.25, 0.3) is 0 Å². The fourth-order valence-corrected chi connectivity index (χ4v) is 1.74. The summed E-state index contributed by atoms with van der Waals surface area (Å²) in [5, 5.41) is 12.1. The highest BCUT2D eigenvalue weighted by atomic mass is 35.5. The van der Waals surface area contributed by atoms with E-state index in [4.69, 9.17) is 33.2 Å². The summed E-state index contributed by atoms with van der Waals surface area (Å²) in [6.07, 6.45) is 1.08. The lowest BCUT2D eigenvalue weighted by Gasteiger charge is -2.06. The topological polar surface area (TPSA) is 91.6 Å². The smallest absolute Gasteiger partial charge is 0.328 e. The highest BCUT2D eigenvalue weighted by Gasteiger charge is 2.16. The number of rotatable bonds is 6. The van der Waals surface area contributed by atoms with Gasteiger partial charge in [0.1, 0.15) is 6.54 Å². The average Bonchev–Trinajstić information content (AvgIpc) is 2.47. The minimum Gasteiger partial charge on any atom is -0.465 e. The second-order valence-corrected chi connectivity index (χ2v) is 4.86. The van der Waals surface area contributed by atoms with Crippen molar-refractivity contribution in [1.29, 1.82) is 5.26 Å². The molecule has 1 aromatic rings. The van der Waals surface area contributed by atoms with Gasteiger partial charge in [0, 0.05) is 11.2 Å². The molecule has 0 fully saturated rings. The Morgan fingerprint density at radius 2 is 2.23 bits per heavy atom. The van der Waals surface area contributed by atoms with Crippen LogP contribution in [0.1, 0.15) is 6.92 Å². The van der Waals surface area contributed by atoms with Crippen LogP contribution in [0.2, 0.25) is 10.0 Å². The van der Waals surface area contributed by atoms with Crippen LogP contribution in [0, 0.1) is 17.2 Å². The predicted octanol–water partition coefficient (Wildman–Crippen LogP) is 2.71. The molecule has 0 aliphatic rings. The highest BCUT2D eigenvalue weighted by molar-refractivity contribution is 6.35. The van der Waals surface area contributed by atoms with Gasteiger partial charge in [-0.15, -0.1) is 0 Å². The first-order valence-corrected chi connectivity index (χ1v) is 7.04. The van der Waals surface area contributed by atoms with Crippen molar-refractivity contribution in [3.8, 4) is 6.07 Å². The third-order valence-electron chi connectivity index (χ3n) is 2.37. The number of halogens is 2. The van der Waals surface area contributed by atoms with E-state index in [2.05, 4.69) is 10.3 Å². The van der Waals surface area contributed by atoms with Gasteiger partial charge in [-0.25, -0.2) is 0 Å². The Balaban J connectivity index is 2.58. The number of anilines is 1. The van der Waals surface area contributed by atoms with Gasteiger partial charge >= 0.3 is 5.97 Å². The molecule has 0 unspecified atom stereocenters. The van der Waals surface area contributed by atoms with Crippen LogP contribution < -0.4 is 5.32 Å². The van der Waals surface area contributed by atoms with Crippen LogP contribution in [0.5, 0.6) is 0 Å². The third kappa shape index (κ3) is 5.72. The molecule has 0 saturated heterocycles. The SMILES string of the molecule is CCOC(=O)[C@H](C#N)C=NCC(=O)Nc1cc(Cl)ccc1Cl. The van der Waals surface area contributed by atoms with E-state index in [0.717, 1.165) is 6.21 Å². The van der Waals surface area contributed by atoms with Crippen molar-refractivity contribution in [2.75, 3.05) is 18.5 Å². The Labute approximate surface area is 137 Å². The first-order valence-electron chi connectivity index (χ1n) is 6.29. The van der Waals surface area contributed by atoms with Crippen molar-refractivity contribution in [2.24, 2.45) is 10.9 Å². The maximum absolute atomic E-state index is 11.7. The molecule has 22 heavy (non-hydrogen) atoms. The van der Waals surface area contributed by atoms with Gasteiger partial charge in [-0.2, -0.15) is 5.26 Å². The summed E-state index contributed by atoms with van der Waals surface area (Å²) in [7, 11) is 0. The molecule has 1 amide bonds. The molecule has 0 bridgehead atoms. The van der Waals surface area contributed by atoms with Gasteiger partial charge in [-0.05, 0) is 25.1 Å². The van der Waals surface area contributed by atoms with Gasteiger partial charge in [0.05, 0.1) is 23.4 Å². The van der Waals surface area contributed by atoms with Gasteiger partial charge in [0.25, 0.3) is 0 Å². The van der Waals surface area contributed by atoms with E-state index in [-0.39, 0.29) is 13.2 Å². The summed E-state index contributed by atoms with van der Waals surface area (Å²) < 4.78 is 4.69. The predicted molar refractivity (Wildman–Crippen MR) is 84.2 cm³/mol. The van der Waals surface area contributed by atoms with Crippen molar-refractivity contribution < 1.29 is 14.3 Å². The fraction of sp³-hybridized carbons (Fsp3) is 0.286. The summed E-state index contributed by atoms with van der Waals surface area (Å²) >= 11 is 11.7. The number of carbonyl (C=O) groups excluding carboxylic acids is 2. The second kappa shape index (κ2) is 9.03. The second-order valence-electron chi connectivity index (χ2n) is 4.02. The zero-order valence-corrected chi connectivity index (χ0v) is 13.2. The molecule has 6 nitrogen and oxygen atoms in total. The molecule has 0 aromatic heterocycles. The number of ether oxygens (including phenoxy) is 1. The Hall–Kier alpha value is -2.10. The maximum Gasteiger partial charge on any atom is 0.328 e. The third-order valence-corrected chi connectivity index (χ3v) is 2.94. The number of benzene rings is 1. The number of carbonyl (C=O) groups is 2. The normalized spacial score (nSPS) is 11.7. The molecule has 0 heterocycles. The number of amides is 1. The van der Waals surface area contributed by atoms with Crippen LogP contribution in [0.15, 0.2) is 23.2 Å². The van der Waals surface area contributed by atoms with Gasteiger partial charge in [0.2, 0.25) is 5.91 Å². The molecule has 8 heteroatoms. The molecule has 0 radical (unpaired) electrons. The maximum atomic E-state index is 11.7. The number of nitrogens with one attached hydrogen (secondary N) is 1. The Bertz CT molecular complexity index is 626. The molecule has 0 aliphatic carbocycles. The summed E-state index contributed by atoms with van der Waals surface area (Å²) in [5.74, 6) is -2.30. The van der Waals surface area contributed by atoms with Gasteiger partial charge in [-0.3, -0.25) is 14.6 Å². The van der Waals surface area contributed by atoms with Crippen LogP contribution in [-0.2, 0) is 14.3 Å². The monoisotopic (exact) mass is 341 g/mol. The molecular formula is C14H13Cl2N3O3. The van der Waals surface area contributed by atoms with Crippen molar-refractivity contribution >= 4 is 47.0 Å². The first kappa shape index (κ1) is 18.0. The highest BCUT2D eigenvalue weighted by Crippen LogP contribution is 2.25. The molecule has 1 N–H and O–H groups in total. The number of nitriles is 1. The Kier molecular flexibility index (Phi) is 7.37. The van der Waals surface area contributed by atoms with E-state index in [1.165, 1.54) is 6.07 Å². The van der Waals surface area contributed by atoms with Crippen LogP contribution in [-0.4, -0.2) is 31.2 Å².